The van der Waals surface area contributed by atoms with Gasteiger partial charge in [0.2, 0.25) is 0 Å². The number of hydrogen-bond acceptors (Lipinski definition) is 3. The van der Waals surface area contributed by atoms with E-state index >= 15 is 0 Å². The Kier molecular flexibility index (Phi) is 7.99. The van der Waals surface area contributed by atoms with Crippen molar-refractivity contribution in [3.8, 4) is 11.1 Å². The molecule has 2 unspecified atom stereocenters. The van der Waals surface area contributed by atoms with Crippen molar-refractivity contribution in [2.24, 2.45) is 0 Å². The standard InChI is InChI=1S/C34H31BrN2O2/c1-37(2)21-9-20-34(39,31-15-8-13-25-10-6-7-14-29(25)31)32(26-11-4-3-5-12-26)30-22-27(23-36-33(30)38)24-16-18-28(35)19-17-24/h3-7,10-14,16-19,22-23,32,39H,9,20-21H2,1-2H3,(H,36,38). The zero-order chi connectivity index (χ0) is 27.4. The van der Waals surface area contributed by atoms with E-state index < -0.39 is 11.5 Å². The van der Waals surface area contributed by atoms with Crippen molar-refractivity contribution in [2.75, 3.05) is 20.6 Å². The lowest BCUT2D eigenvalue weighted by atomic mass is 9.68. The number of fused-ring (bicyclic) bond motifs is 1. The molecule has 5 heteroatoms. The van der Waals surface area contributed by atoms with Crippen LogP contribution in [0.4, 0.5) is 0 Å². The van der Waals surface area contributed by atoms with Gasteiger partial charge in [-0.3, -0.25) is 4.79 Å². The lowest BCUT2D eigenvalue weighted by Crippen LogP contribution is -2.41. The number of aromatic amines is 1. The average Bonchev–Trinajstić information content (AvgIpc) is 2.95. The third-order valence-electron chi connectivity index (χ3n) is 7.28. The molecule has 0 spiro atoms. The van der Waals surface area contributed by atoms with E-state index in [0.29, 0.717) is 17.6 Å². The maximum Gasteiger partial charge on any atom is 0.251 e. The quantitative estimate of drug-likeness (QED) is 0.213. The molecule has 2 atom stereocenters. The second kappa shape index (κ2) is 11.6. The van der Waals surface area contributed by atoms with Crippen molar-refractivity contribution in [3.05, 3.63) is 140 Å². The number of pyridine rings is 1. The molecule has 4 nitrogen and oxygen atoms in total. The molecule has 3 aromatic carbocycles. The van der Waals surface area contributed by atoms with Crippen molar-refractivity contribution < 1.29 is 5.11 Å². The second-order valence-corrected chi connectivity index (χ2v) is 11.1. The van der Waals surface area contributed by atoms with Crippen LogP contribution in [0.2, 0.25) is 0 Å². The number of aliphatic hydroxyl groups is 1. The number of H-pyrrole nitrogens is 1. The molecule has 196 valence electrons. The van der Waals surface area contributed by atoms with Crippen LogP contribution in [0.1, 0.15) is 41.0 Å². The first-order valence-corrected chi connectivity index (χ1v) is 13.9. The first-order chi connectivity index (χ1) is 18.9. The van der Waals surface area contributed by atoms with Gasteiger partial charge in [-0.2, -0.15) is 0 Å². The van der Waals surface area contributed by atoms with Gasteiger partial charge in [0.15, 0.2) is 0 Å². The van der Waals surface area contributed by atoms with Crippen molar-refractivity contribution in [1.29, 1.82) is 0 Å². The van der Waals surface area contributed by atoms with Gasteiger partial charge in [-0.05, 0) is 85.6 Å². The molecule has 0 amide bonds. The zero-order valence-corrected chi connectivity index (χ0v) is 23.7. The van der Waals surface area contributed by atoms with Crippen LogP contribution in [0.3, 0.4) is 0 Å². The molecule has 0 fully saturated rings. The van der Waals surface area contributed by atoms with E-state index in [-0.39, 0.29) is 5.56 Å². The first-order valence-electron chi connectivity index (χ1n) is 13.1. The Hall–Kier alpha value is -3.69. The Bertz CT molecular complexity index is 1630. The Morgan fingerprint density at radius 3 is 2.44 bits per heavy atom. The molecule has 0 saturated carbocycles. The van der Waals surface area contributed by atoms with Gasteiger partial charge in [0.1, 0.15) is 5.60 Å². The summed E-state index contributed by atoms with van der Waals surface area (Å²) in [6, 6.07) is 27.7. The zero-order valence-electron chi connectivity index (χ0n) is 22.1. The highest BCUT2D eigenvalue weighted by atomic mass is 79.9. The minimum absolute atomic E-state index is 0.222. The van der Waals surface area contributed by atoms with Gasteiger partial charge in [0.05, 0.1) is 0 Å². The predicted octanol–water partition coefficient (Wildman–Crippen LogP) is 6.87. The summed E-state index contributed by atoms with van der Waals surface area (Å²) in [5, 5.41) is 13.0. The molecule has 4 aromatic rings. The largest absolute Gasteiger partial charge is 0.383 e. The van der Waals surface area contributed by atoms with E-state index in [9.17, 15) is 9.90 Å². The van der Waals surface area contributed by atoms with Crippen molar-refractivity contribution in [3.63, 3.8) is 0 Å². The van der Waals surface area contributed by atoms with Crippen molar-refractivity contribution in [1.82, 2.24) is 9.88 Å². The summed E-state index contributed by atoms with van der Waals surface area (Å²) in [7, 11) is 4.05. The molecule has 39 heavy (non-hydrogen) atoms. The molecule has 0 aliphatic heterocycles. The SMILES string of the molecule is CN(C)CCCC(O)(C1=C=C=Cc2ccccc21)C(c1ccccc1)c1cc(-c2ccc(Br)cc2)c[nH]c1=O. The van der Waals surface area contributed by atoms with Crippen molar-refractivity contribution in [2.45, 2.75) is 24.4 Å². The van der Waals surface area contributed by atoms with E-state index in [4.69, 9.17) is 0 Å². The fraction of sp³-hybridized carbons (Fsp3) is 0.206. The van der Waals surface area contributed by atoms with E-state index in [1.54, 1.807) is 6.20 Å². The van der Waals surface area contributed by atoms with Crippen LogP contribution in [0, 0.1) is 0 Å². The average molecular weight is 580 g/mol. The molecule has 0 radical (unpaired) electrons. The van der Waals surface area contributed by atoms with E-state index in [1.165, 1.54) is 0 Å². The maximum absolute atomic E-state index is 13.6. The van der Waals surface area contributed by atoms with Crippen LogP contribution >= 0.6 is 15.9 Å². The molecule has 5 rings (SSSR count). The van der Waals surface area contributed by atoms with Gasteiger partial charge >= 0.3 is 0 Å². The number of rotatable bonds is 9. The smallest absolute Gasteiger partial charge is 0.251 e. The summed E-state index contributed by atoms with van der Waals surface area (Å²) in [4.78, 5) is 18.7. The molecule has 0 bridgehead atoms. The third kappa shape index (κ3) is 5.69. The summed E-state index contributed by atoms with van der Waals surface area (Å²) in [6.07, 6.45) is 4.79. The second-order valence-electron chi connectivity index (χ2n) is 10.2. The fourth-order valence-electron chi connectivity index (χ4n) is 5.41. The lowest BCUT2D eigenvalue weighted by molar-refractivity contribution is 0.0699. The van der Waals surface area contributed by atoms with E-state index in [1.807, 2.05) is 105 Å². The van der Waals surface area contributed by atoms with E-state index in [0.717, 1.165) is 45.3 Å². The van der Waals surface area contributed by atoms with Gasteiger partial charge in [-0.25, -0.2) is 0 Å². The van der Waals surface area contributed by atoms with Crippen LogP contribution in [-0.2, 0) is 0 Å². The molecule has 1 aliphatic rings. The molecule has 1 aromatic heterocycles. The predicted molar refractivity (Wildman–Crippen MR) is 163 cm³/mol. The Labute approximate surface area is 237 Å². The number of benzene rings is 3. The fourth-order valence-corrected chi connectivity index (χ4v) is 5.67. The highest BCUT2D eigenvalue weighted by molar-refractivity contribution is 9.10. The van der Waals surface area contributed by atoms with Gasteiger partial charge in [-0.15, -0.1) is 0 Å². The lowest BCUT2D eigenvalue weighted by Gasteiger charge is -2.39. The first kappa shape index (κ1) is 26.9. The number of nitrogens with one attached hydrogen (secondary N) is 1. The number of aromatic nitrogens is 1. The molecular formula is C34H31BrN2O2. The van der Waals surface area contributed by atoms with Crippen molar-refractivity contribution >= 4 is 27.6 Å². The molecule has 1 aliphatic carbocycles. The number of halogens is 1. The Morgan fingerprint density at radius 2 is 1.69 bits per heavy atom. The summed E-state index contributed by atoms with van der Waals surface area (Å²) in [5.41, 5.74) is 10.5. The molecule has 1 heterocycles. The number of hydrogen-bond donors (Lipinski definition) is 2. The van der Waals surface area contributed by atoms with Gasteiger partial charge in [0.25, 0.3) is 5.56 Å². The van der Waals surface area contributed by atoms with Crippen LogP contribution in [0.25, 0.3) is 22.8 Å². The highest BCUT2D eigenvalue weighted by Gasteiger charge is 2.44. The van der Waals surface area contributed by atoms with Gasteiger partial charge in [0, 0.05) is 27.7 Å². The summed E-state index contributed by atoms with van der Waals surface area (Å²) >= 11 is 3.50. The van der Waals surface area contributed by atoms with Crippen LogP contribution < -0.4 is 5.56 Å². The van der Waals surface area contributed by atoms with Gasteiger partial charge < -0.3 is 15.0 Å². The third-order valence-corrected chi connectivity index (χ3v) is 7.81. The van der Waals surface area contributed by atoms with E-state index in [2.05, 4.69) is 37.3 Å². The Morgan fingerprint density at radius 1 is 0.974 bits per heavy atom. The summed E-state index contributed by atoms with van der Waals surface area (Å²) in [5.74, 6) is -0.643. The van der Waals surface area contributed by atoms with Gasteiger partial charge in [-0.1, -0.05) is 94.1 Å². The Balaban J connectivity index is 1.74. The topological polar surface area (TPSA) is 56.3 Å². The van der Waals surface area contributed by atoms with Crippen LogP contribution in [-0.4, -0.2) is 41.2 Å². The maximum atomic E-state index is 13.6. The summed E-state index contributed by atoms with van der Waals surface area (Å²) < 4.78 is 0.982. The van der Waals surface area contributed by atoms with Crippen LogP contribution in [0.5, 0.6) is 0 Å². The minimum Gasteiger partial charge on any atom is -0.383 e. The normalized spacial score (nSPS) is 14.5. The number of nitrogens with zero attached hydrogens (tertiary/aromatic N) is 1. The minimum atomic E-state index is -1.43. The summed E-state index contributed by atoms with van der Waals surface area (Å²) in [6.45, 7) is 0.799. The highest BCUT2D eigenvalue weighted by Crippen LogP contribution is 2.46. The monoisotopic (exact) mass is 578 g/mol. The van der Waals surface area contributed by atoms with Crippen LogP contribution in [0.15, 0.2) is 112 Å². The molecular weight excluding hydrogens is 548 g/mol. The molecule has 2 N–H and O–H groups in total. The molecule has 0 saturated heterocycles.